The van der Waals surface area contributed by atoms with Gasteiger partial charge in [0.25, 0.3) is 0 Å². The van der Waals surface area contributed by atoms with Gasteiger partial charge in [-0.2, -0.15) is 0 Å². The third-order valence-corrected chi connectivity index (χ3v) is 6.24. The van der Waals surface area contributed by atoms with E-state index in [4.69, 9.17) is 0 Å². The Labute approximate surface area is 148 Å². The Balaban J connectivity index is 1.38. The van der Waals surface area contributed by atoms with Gasteiger partial charge in [0.2, 0.25) is 11.8 Å². The molecule has 134 valence electrons. The molecule has 1 spiro atoms. The zero-order valence-electron chi connectivity index (χ0n) is 14.5. The third-order valence-electron chi connectivity index (χ3n) is 6.24. The highest BCUT2D eigenvalue weighted by Gasteiger charge is 2.45. The van der Waals surface area contributed by atoms with Gasteiger partial charge in [-0.3, -0.25) is 9.59 Å². The molecule has 2 aliphatic heterocycles. The minimum absolute atomic E-state index is 0.0155. The fraction of sp³-hybridized carbons (Fsp3) is 0.600. The van der Waals surface area contributed by atoms with E-state index < -0.39 is 0 Å². The second-order valence-electron chi connectivity index (χ2n) is 7.93. The van der Waals surface area contributed by atoms with Crippen molar-refractivity contribution in [3.63, 3.8) is 0 Å². The summed E-state index contributed by atoms with van der Waals surface area (Å²) in [6.07, 6.45) is 7.41. The number of hydrogen-bond acceptors (Lipinski definition) is 2. The maximum Gasteiger partial charge on any atom is 0.242 e. The Morgan fingerprint density at radius 1 is 1.16 bits per heavy atom. The number of carbonyl (C=O) groups is 2. The molecule has 0 aromatic heterocycles. The van der Waals surface area contributed by atoms with Gasteiger partial charge in [0.05, 0.1) is 12.6 Å². The largest absolute Gasteiger partial charge is 0.334 e. The van der Waals surface area contributed by atoms with Crippen LogP contribution in [0.1, 0.15) is 56.6 Å². The molecule has 1 atom stereocenters. The average Bonchev–Trinajstić information content (AvgIpc) is 2.84. The summed E-state index contributed by atoms with van der Waals surface area (Å²) in [6, 6.07) is 6.39. The fourth-order valence-corrected chi connectivity index (χ4v) is 4.73. The zero-order chi connectivity index (χ0) is 17.4. The molecule has 4 nitrogen and oxygen atoms in total. The Hall–Kier alpha value is -1.91. The minimum Gasteiger partial charge on any atom is -0.334 e. The van der Waals surface area contributed by atoms with Gasteiger partial charge in [-0.05, 0) is 42.4 Å². The van der Waals surface area contributed by atoms with E-state index in [0.717, 1.165) is 31.4 Å². The first-order chi connectivity index (χ1) is 12.1. The Morgan fingerprint density at radius 3 is 2.52 bits per heavy atom. The van der Waals surface area contributed by atoms with Crippen LogP contribution in [0.2, 0.25) is 0 Å². The predicted molar refractivity (Wildman–Crippen MR) is 92.2 cm³/mol. The van der Waals surface area contributed by atoms with E-state index in [2.05, 4.69) is 0 Å². The summed E-state index contributed by atoms with van der Waals surface area (Å²) >= 11 is 0. The predicted octanol–water partition coefficient (Wildman–Crippen LogP) is 3.28. The summed E-state index contributed by atoms with van der Waals surface area (Å²) in [5.41, 5.74) is 1.10. The molecule has 2 amide bonds. The van der Waals surface area contributed by atoms with Crippen LogP contribution < -0.4 is 0 Å². The van der Waals surface area contributed by atoms with Gasteiger partial charge < -0.3 is 9.80 Å². The van der Waals surface area contributed by atoms with Crippen LogP contribution in [-0.4, -0.2) is 41.2 Å². The molecule has 0 bridgehead atoms. The molecule has 1 aromatic carbocycles. The lowest BCUT2D eigenvalue weighted by molar-refractivity contribution is -0.144. The third kappa shape index (κ3) is 3.16. The van der Waals surface area contributed by atoms with Crippen molar-refractivity contribution in [2.75, 3.05) is 19.6 Å². The summed E-state index contributed by atoms with van der Waals surface area (Å²) in [5.74, 6) is -0.114. The van der Waals surface area contributed by atoms with Crippen molar-refractivity contribution in [1.29, 1.82) is 0 Å². The molecular weight excluding hydrogens is 319 g/mol. The highest BCUT2D eigenvalue weighted by molar-refractivity contribution is 5.87. The van der Waals surface area contributed by atoms with Crippen LogP contribution in [0.25, 0.3) is 0 Å². The second kappa shape index (κ2) is 6.43. The van der Waals surface area contributed by atoms with Crippen molar-refractivity contribution in [2.45, 2.75) is 51.0 Å². The number of likely N-dealkylation sites (tertiary alicyclic amines) is 2. The van der Waals surface area contributed by atoms with E-state index in [9.17, 15) is 14.0 Å². The fourth-order valence-electron chi connectivity index (χ4n) is 4.73. The maximum atomic E-state index is 13.1. The zero-order valence-corrected chi connectivity index (χ0v) is 14.5. The molecule has 1 saturated carbocycles. The summed E-state index contributed by atoms with van der Waals surface area (Å²) < 4.78 is 13.1. The van der Waals surface area contributed by atoms with E-state index in [1.165, 1.54) is 31.4 Å². The first kappa shape index (κ1) is 16.6. The molecule has 3 fully saturated rings. The van der Waals surface area contributed by atoms with Crippen molar-refractivity contribution in [2.24, 2.45) is 5.41 Å². The van der Waals surface area contributed by atoms with Gasteiger partial charge in [0, 0.05) is 19.5 Å². The number of hydrogen-bond donors (Lipinski definition) is 0. The molecule has 3 aliphatic rings. The van der Waals surface area contributed by atoms with Crippen LogP contribution in [0.3, 0.4) is 0 Å². The Bertz CT molecular complexity index is 667. The number of halogens is 1. The number of amides is 2. The Morgan fingerprint density at radius 2 is 1.88 bits per heavy atom. The summed E-state index contributed by atoms with van der Waals surface area (Å²) in [7, 11) is 0. The monoisotopic (exact) mass is 344 g/mol. The quantitative estimate of drug-likeness (QED) is 0.844. The Kier molecular flexibility index (Phi) is 4.26. The lowest BCUT2D eigenvalue weighted by atomic mass is 9.73. The molecule has 25 heavy (non-hydrogen) atoms. The number of nitrogens with zero attached hydrogens (tertiary/aromatic N) is 2. The standard InChI is InChI=1S/C20H25FN2O2/c21-16-6-4-15(5-7-16)17-8-11-23(17)19(25)13-22-14-20(12-18(22)24)9-2-1-3-10-20/h4-7,17H,1-3,8-14H2/t17-/m0/s1. The van der Waals surface area contributed by atoms with Crippen LogP contribution >= 0.6 is 0 Å². The molecule has 2 heterocycles. The van der Waals surface area contributed by atoms with Gasteiger partial charge >= 0.3 is 0 Å². The highest BCUT2D eigenvalue weighted by Crippen LogP contribution is 2.44. The van der Waals surface area contributed by atoms with Gasteiger partial charge in [-0.1, -0.05) is 31.4 Å². The molecule has 4 rings (SSSR count). The second-order valence-corrected chi connectivity index (χ2v) is 7.93. The van der Waals surface area contributed by atoms with Crippen molar-refractivity contribution in [3.8, 4) is 0 Å². The molecule has 1 aliphatic carbocycles. The SMILES string of the molecule is O=C1CC2(CCCCC2)CN1CC(=O)N1CC[C@H]1c1ccc(F)cc1. The first-order valence-electron chi connectivity index (χ1n) is 9.39. The molecule has 0 radical (unpaired) electrons. The van der Waals surface area contributed by atoms with E-state index in [0.29, 0.717) is 13.0 Å². The summed E-state index contributed by atoms with van der Waals surface area (Å²) in [4.78, 5) is 28.7. The van der Waals surface area contributed by atoms with Crippen LogP contribution in [-0.2, 0) is 9.59 Å². The number of rotatable bonds is 3. The number of carbonyl (C=O) groups excluding carboxylic acids is 2. The topological polar surface area (TPSA) is 40.6 Å². The summed E-state index contributed by atoms with van der Waals surface area (Å²) in [6.45, 7) is 1.65. The van der Waals surface area contributed by atoms with Crippen LogP contribution in [0.15, 0.2) is 24.3 Å². The number of benzene rings is 1. The van der Waals surface area contributed by atoms with E-state index >= 15 is 0 Å². The average molecular weight is 344 g/mol. The lowest BCUT2D eigenvalue weighted by Gasteiger charge is -2.42. The van der Waals surface area contributed by atoms with Crippen LogP contribution in [0.5, 0.6) is 0 Å². The molecule has 0 unspecified atom stereocenters. The van der Waals surface area contributed by atoms with E-state index in [1.807, 2.05) is 4.90 Å². The smallest absolute Gasteiger partial charge is 0.242 e. The lowest BCUT2D eigenvalue weighted by Crippen LogP contribution is -2.49. The van der Waals surface area contributed by atoms with E-state index in [-0.39, 0.29) is 35.6 Å². The molecule has 0 N–H and O–H groups in total. The van der Waals surface area contributed by atoms with Crippen molar-refractivity contribution in [1.82, 2.24) is 9.80 Å². The van der Waals surface area contributed by atoms with Gasteiger partial charge in [-0.25, -0.2) is 4.39 Å². The highest BCUT2D eigenvalue weighted by atomic mass is 19.1. The van der Waals surface area contributed by atoms with Crippen molar-refractivity contribution >= 4 is 11.8 Å². The van der Waals surface area contributed by atoms with Crippen molar-refractivity contribution < 1.29 is 14.0 Å². The summed E-state index contributed by atoms with van der Waals surface area (Å²) in [5, 5.41) is 0. The normalized spacial score (nSPS) is 25.3. The van der Waals surface area contributed by atoms with Gasteiger partial charge in [0.15, 0.2) is 0 Å². The van der Waals surface area contributed by atoms with Crippen molar-refractivity contribution in [3.05, 3.63) is 35.6 Å². The van der Waals surface area contributed by atoms with Gasteiger partial charge in [0.1, 0.15) is 5.82 Å². The van der Waals surface area contributed by atoms with Crippen LogP contribution in [0.4, 0.5) is 4.39 Å². The van der Waals surface area contributed by atoms with Crippen LogP contribution in [0, 0.1) is 11.2 Å². The first-order valence-corrected chi connectivity index (χ1v) is 9.39. The molecule has 2 saturated heterocycles. The molecule has 1 aromatic rings. The molecule has 5 heteroatoms. The van der Waals surface area contributed by atoms with Gasteiger partial charge in [-0.15, -0.1) is 0 Å². The molecular formula is C20H25FN2O2. The maximum absolute atomic E-state index is 13.1. The minimum atomic E-state index is -0.263. The van der Waals surface area contributed by atoms with E-state index in [1.54, 1.807) is 17.0 Å².